The molecule has 0 aliphatic carbocycles. The molecule has 8 heteroatoms. The maximum atomic E-state index is 13.3. The molecule has 0 fully saturated rings. The molecule has 1 amide bonds. The van der Waals surface area contributed by atoms with E-state index in [1.807, 2.05) is 24.3 Å². The van der Waals surface area contributed by atoms with Crippen molar-refractivity contribution in [2.24, 2.45) is 0 Å². The first-order chi connectivity index (χ1) is 15.3. The van der Waals surface area contributed by atoms with Gasteiger partial charge in [-0.1, -0.05) is 35.9 Å². The molecule has 0 bridgehead atoms. The Balaban J connectivity index is 1.58. The summed E-state index contributed by atoms with van der Waals surface area (Å²) in [6.07, 6.45) is 0.615. The van der Waals surface area contributed by atoms with Crippen LogP contribution in [0.2, 0.25) is 5.02 Å². The summed E-state index contributed by atoms with van der Waals surface area (Å²) < 4.78 is 28.0. The first-order valence-electron chi connectivity index (χ1n) is 10.0. The van der Waals surface area contributed by atoms with Crippen LogP contribution in [0.15, 0.2) is 71.6 Å². The average molecular weight is 469 g/mol. The van der Waals surface area contributed by atoms with Crippen LogP contribution in [0.4, 0.5) is 5.69 Å². The minimum atomic E-state index is -3.90. The summed E-state index contributed by atoms with van der Waals surface area (Å²) in [5.41, 5.74) is 3.29. The monoisotopic (exact) mass is 468 g/mol. The van der Waals surface area contributed by atoms with Gasteiger partial charge in [-0.05, 0) is 66.9 Å². The summed E-state index contributed by atoms with van der Waals surface area (Å²) in [7, 11) is -3.90. The largest absolute Gasteiger partial charge is 0.322 e. The highest BCUT2D eigenvalue weighted by atomic mass is 35.5. The lowest BCUT2D eigenvalue weighted by Gasteiger charge is -2.28. The number of nitrogens with zero attached hydrogens (tertiary/aromatic N) is 1. The van der Waals surface area contributed by atoms with E-state index in [1.165, 1.54) is 29.4 Å². The molecule has 0 spiro atoms. The highest BCUT2D eigenvalue weighted by Crippen LogP contribution is 2.30. The molecule has 4 rings (SSSR count). The van der Waals surface area contributed by atoms with Crippen LogP contribution in [-0.2, 0) is 23.0 Å². The fourth-order valence-corrected chi connectivity index (χ4v) is 5.57. The first-order valence-corrected chi connectivity index (χ1v) is 11.9. The van der Waals surface area contributed by atoms with Gasteiger partial charge >= 0.3 is 0 Å². The number of sulfonamides is 1. The third-order valence-corrected chi connectivity index (χ3v) is 7.78. The number of rotatable bonds is 5. The topological polar surface area (TPSA) is 83.5 Å². The van der Waals surface area contributed by atoms with E-state index < -0.39 is 15.9 Å². The summed E-state index contributed by atoms with van der Waals surface area (Å²) in [4.78, 5) is 24.0. The molecule has 1 heterocycles. The van der Waals surface area contributed by atoms with Crippen LogP contribution >= 0.6 is 11.6 Å². The Morgan fingerprint density at radius 1 is 0.938 bits per heavy atom. The number of hydrogen-bond donors (Lipinski definition) is 1. The van der Waals surface area contributed by atoms with E-state index in [2.05, 4.69) is 5.32 Å². The van der Waals surface area contributed by atoms with Crippen molar-refractivity contribution in [2.45, 2.75) is 24.8 Å². The number of anilines is 1. The van der Waals surface area contributed by atoms with Crippen molar-refractivity contribution < 1.29 is 18.0 Å². The van der Waals surface area contributed by atoms with Crippen molar-refractivity contribution in [3.8, 4) is 0 Å². The lowest BCUT2D eigenvalue weighted by atomic mass is 10.0. The number of carbonyl (C=O) groups is 2. The van der Waals surface area contributed by atoms with E-state index in [0.717, 1.165) is 11.1 Å². The average Bonchev–Trinajstić information content (AvgIpc) is 2.79. The molecular weight excluding hydrogens is 448 g/mol. The van der Waals surface area contributed by atoms with Crippen LogP contribution in [0.25, 0.3) is 0 Å². The highest BCUT2D eigenvalue weighted by molar-refractivity contribution is 7.89. The van der Waals surface area contributed by atoms with Crippen molar-refractivity contribution in [3.63, 3.8) is 0 Å². The normalized spacial score (nSPS) is 13.9. The summed E-state index contributed by atoms with van der Waals surface area (Å²) in [5, 5.41) is 2.77. The number of carbonyl (C=O) groups excluding carboxylic acids is 2. The van der Waals surface area contributed by atoms with Gasteiger partial charge in [0.05, 0.1) is 5.02 Å². The zero-order valence-corrected chi connectivity index (χ0v) is 18.9. The van der Waals surface area contributed by atoms with Crippen LogP contribution in [0.5, 0.6) is 0 Å². The smallest absolute Gasteiger partial charge is 0.255 e. The minimum Gasteiger partial charge on any atom is -0.322 e. The van der Waals surface area contributed by atoms with Gasteiger partial charge in [0.25, 0.3) is 5.91 Å². The molecule has 6 nitrogen and oxygen atoms in total. The van der Waals surface area contributed by atoms with Crippen molar-refractivity contribution in [2.75, 3.05) is 11.9 Å². The Labute approximate surface area is 191 Å². The van der Waals surface area contributed by atoms with Gasteiger partial charge in [0.15, 0.2) is 5.78 Å². The number of nitrogens with one attached hydrogen (secondary N) is 1. The van der Waals surface area contributed by atoms with E-state index in [-0.39, 0.29) is 27.8 Å². The number of ketones is 1. The lowest BCUT2D eigenvalue weighted by molar-refractivity contribution is 0.101. The minimum absolute atomic E-state index is 0.0613. The van der Waals surface area contributed by atoms with Gasteiger partial charge in [-0.15, -0.1) is 0 Å². The molecule has 0 unspecified atom stereocenters. The van der Waals surface area contributed by atoms with Crippen molar-refractivity contribution in [1.29, 1.82) is 0 Å². The molecular formula is C24H21ClN2O4S. The molecule has 3 aromatic rings. The number of halogens is 1. The molecule has 3 aromatic carbocycles. The van der Waals surface area contributed by atoms with Crippen molar-refractivity contribution in [1.82, 2.24) is 4.31 Å². The summed E-state index contributed by atoms with van der Waals surface area (Å²) in [6.45, 7) is 2.06. The molecule has 1 aliphatic rings. The predicted molar refractivity (Wildman–Crippen MR) is 124 cm³/mol. The molecule has 0 radical (unpaired) electrons. The predicted octanol–water partition coefficient (Wildman–Crippen LogP) is 4.54. The maximum absolute atomic E-state index is 13.3. The van der Waals surface area contributed by atoms with Gasteiger partial charge in [-0.25, -0.2) is 8.42 Å². The second-order valence-corrected chi connectivity index (χ2v) is 9.90. The third kappa shape index (κ3) is 4.46. The molecule has 0 aromatic heterocycles. The summed E-state index contributed by atoms with van der Waals surface area (Å²) in [6, 6.07) is 18.4. The summed E-state index contributed by atoms with van der Waals surface area (Å²) in [5.74, 6) is -0.548. The van der Waals surface area contributed by atoms with Gasteiger partial charge in [-0.2, -0.15) is 4.31 Å². The third-order valence-electron chi connectivity index (χ3n) is 5.46. The van der Waals surface area contributed by atoms with Crippen molar-refractivity contribution >= 4 is 39.0 Å². The second-order valence-electron chi connectivity index (χ2n) is 7.59. The Morgan fingerprint density at radius 2 is 1.59 bits per heavy atom. The van der Waals surface area contributed by atoms with Gasteiger partial charge in [0.1, 0.15) is 4.90 Å². The van der Waals surface area contributed by atoms with Crippen LogP contribution in [0.3, 0.4) is 0 Å². The molecule has 164 valence electrons. The van der Waals surface area contributed by atoms with Crippen LogP contribution in [0.1, 0.15) is 38.8 Å². The quantitative estimate of drug-likeness (QED) is 0.557. The van der Waals surface area contributed by atoms with Crippen LogP contribution < -0.4 is 5.32 Å². The van der Waals surface area contributed by atoms with E-state index in [1.54, 1.807) is 24.3 Å². The molecule has 0 saturated carbocycles. The first kappa shape index (κ1) is 22.2. The Morgan fingerprint density at radius 3 is 2.28 bits per heavy atom. The number of hydrogen-bond acceptors (Lipinski definition) is 4. The second kappa shape index (κ2) is 8.86. The molecule has 0 atom stereocenters. The lowest BCUT2D eigenvalue weighted by Crippen LogP contribution is -2.36. The van der Waals surface area contributed by atoms with E-state index in [0.29, 0.717) is 24.2 Å². The Kier molecular flexibility index (Phi) is 6.15. The fraction of sp³-hybridized carbons (Fsp3) is 0.167. The Hall–Kier alpha value is -3.00. The highest BCUT2D eigenvalue weighted by Gasteiger charge is 2.30. The van der Waals surface area contributed by atoms with E-state index in [4.69, 9.17) is 11.6 Å². The Bertz CT molecular complexity index is 1300. The molecule has 0 saturated heterocycles. The number of amides is 1. The van der Waals surface area contributed by atoms with E-state index in [9.17, 15) is 18.0 Å². The zero-order valence-electron chi connectivity index (χ0n) is 17.3. The standard InChI is InChI=1S/C24H21ClN2O4S/c1-16(28)17-6-9-21(10-7-17)26-24(29)19-8-11-22(25)23(14-19)32(30,31)27-13-12-18-4-2-3-5-20(18)15-27/h2-11,14H,12-13,15H2,1H3,(H,26,29). The molecule has 1 aliphatic heterocycles. The van der Waals surface area contributed by atoms with Crippen LogP contribution in [0, 0.1) is 0 Å². The zero-order chi connectivity index (χ0) is 22.9. The SMILES string of the molecule is CC(=O)c1ccc(NC(=O)c2ccc(Cl)c(S(=O)(=O)N3CCc4ccccc4C3)c2)cc1. The van der Waals surface area contributed by atoms with Gasteiger partial charge in [0.2, 0.25) is 10.0 Å². The van der Waals surface area contributed by atoms with Crippen LogP contribution in [-0.4, -0.2) is 31.0 Å². The molecule has 1 N–H and O–H groups in total. The number of Topliss-reactive ketones (excluding diaryl/α,β-unsaturated/α-hetero) is 1. The molecule has 32 heavy (non-hydrogen) atoms. The van der Waals surface area contributed by atoms with Crippen molar-refractivity contribution in [3.05, 3.63) is 94.0 Å². The van der Waals surface area contributed by atoms with Gasteiger partial charge in [0, 0.05) is 29.9 Å². The number of benzene rings is 3. The van der Waals surface area contributed by atoms with E-state index >= 15 is 0 Å². The van der Waals surface area contributed by atoms with Gasteiger partial charge < -0.3 is 5.32 Å². The number of fused-ring (bicyclic) bond motifs is 1. The fourth-order valence-electron chi connectivity index (χ4n) is 3.65. The summed E-state index contributed by atoms with van der Waals surface area (Å²) >= 11 is 6.24. The van der Waals surface area contributed by atoms with Gasteiger partial charge in [-0.3, -0.25) is 9.59 Å². The maximum Gasteiger partial charge on any atom is 0.255 e.